The third kappa shape index (κ3) is 4.98. The maximum absolute atomic E-state index is 12.9. The second-order valence-corrected chi connectivity index (χ2v) is 7.37. The Balaban J connectivity index is 1.51. The van der Waals surface area contributed by atoms with Crippen LogP contribution in [-0.4, -0.2) is 49.6 Å². The fourth-order valence-corrected chi connectivity index (χ4v) is 4.17. The molecule has 1 fully saturated rings. The van der Waals surface area contributed by atoms with Crippen LogP contribution in [0.1, 0.15) is 44.1 Å². The Labute approximate surface area is 161 Å². The second kappa shape index (κ2) is 9.70. The molecule has 0 bridgehead atoms. The Morgan fingerprint density at radius 3 is 2.85 bits per heavy atom. The predicted molar refractivity (Wildman–Crippen MR) is 105 cm³/mol. The lowest BCUT2D eigenvalue weighted by atomic mass is 9.88. The van der Waals surface area contributed by atoms with Gasteiger partial charge in [0, 0.05) is 25.8 Å². The van der Waals surface area contributed by atoms with Gasteiger partial charge in [0.2, 0.25) is 5.91 Å². The number of ether oxygens (including phenoxy) is 1. The van der Waals surface area contributed by atoms with Crippen molar-refractivity contribution >= 4 is 11.8 Å². The number of nitrogens with zero attached hydrogens (tertiary/aromatic N) is 1. The van der Waals surface area contributed by atoms with Crippen LogP contribution in [0.5, 0.6) is 0 Å². The maximum Gasteiger partial charge on any atom is 0.250 e. The fraction of sp³-hybridized carbons (Fsp3) is 0.545. The van der Waals surface area contributed by atoms with E-state index in [2.05, 4.69) is 17.4 Å². The Bertz CT molecular complexity index is 684. The van der Waals surface area contributed by atoms with Gasteiger partial charge in [-0.2, -0.15) is 0 Å². The number of methoxy groups -OCH3 is 1. The van der Waals surface area contributed by atoms with E-state index in [1.807, 2.05) is 23.1 Å². The Kier molecular flexibility index (Phi) is 7.04. The minimum absolute atomic E-state index is 0.0355. The van der Waals surface area contributed by atoms with Crippen LogP contribution in [0.15, 0.2) is 41.5 Å². The Morgan fingerprint density at radius 1 is 1.26 bits per heavy atom. The molecular formula is C22H30N2O3. The van der Waals surface area contributed by atoms with E-state index in [1.165, 1.54) is 11.1 Å². The van der Waals surface area contributed by atoms with Crippen molar-refractivity contribution in [2.45, 2.75) is 51.0 Å². The highest BCUT2D eigenvalue weighted by Crippen LogP contribution is 2.37. The van der Waals surface area contributed by atoms with Gasteiger partial charge in [0.1, 0.15) is 0 Å². The summed E-state index contributed by atoms with van der Waals surface area (Å²) in [6.07, 6.45) is 6.26. The van der Waals surface area contributed by atoms with Gasteiger partial charge in [-0.25, -0.2) is 0 Å². The zero-order valence-corrected chi connectivity index (χ0v) is 16.2. The summed E-state index contributed by atoms with van der Waals surface area (Å²) in [5, 5.41) is 2.99. The molecule has 5 heteroatoms. The summed E-state index contributed by atoms with van der Waals surface area (Å²) >= 11 is 0. The number of hydrogen-bond acceptors (Lipinski definition) is 3. The number of benzene rings is 1. The summed E-state index contributed by atoms with van der Waals surface area (Å²) in [6, 6.07) is 10.5. The number of carbonyl (C=O) groups excluding carboxylic acids is 2. The first-order valence-corrected chi connectivity index (χ1v) is 10.0. The van der Waals surface area contributed by atoms with E-state index in [0.717, 1.165) is 44.1 Å². The number of rotatable bonds is 9. The summed E-state index contributed by atoms with van der Waals surface area (Å²) in [7, 11) is 1.65. The maximum atomic E-state index is 12.9. The van der Waals surface area contributed by atoms with Crippen LogP contribution in [0, 0.1) is 0 Å². The van der Waals surface area contributed by atoms with Gasteiger partial charge in [-0.3, -0.25) is 9.59 Å². The largest absolute Gasteiger partial charge is 0.383 e. The molecule has 0 spiro atoms. The highest BCUT2D eigenvalue weighted by molar-refractivity contribution is 6.02. The molecule has 27 heavy (non-hydrogen) atoms. The molecule has 1 aromatic carbocycles. The lowest BCUT2D eigenvalue weighted by Crippen LogP contribution is -2.39. The Morgan fingerprint density at radius 2 is 2.07 bits per heavy atom. The minimum atomic E-state index is -0.0446. The first-order chi connectivity index (χ1) is 13.2. The molecule has 146 valence electrons. The zero-order chi connectivity index (χ0) is 19.1. The van der Waals surface area contributed by atoms with Gasteiger partial charge < -0.3 is 15.0 Å². The van der Waals surface area contributed by atoms with E-state index in [1.54, 1.807) is 7.11 Å². The number of amides is 2. The highest BCUT2D eigenvalue weighted by atomic mass is 16.5. The van der Waals surface area contributed by atoms with Crippen molar-refractivity contribution in [3.63, 3.8) is 0 Å². The second-order valence-electron chi connectivity index (χ2n) is 7.37. The molecule has 0 aromatic heterocycles. The molecule has 1 heterocycles. The molecule has 1 aliphatic carbocycles. The lowest BCUT2D eigenvalue weighted by molar-refractivity contribution is -0.129. The van der Waals surface area contributed by atoms with Gasteiger partial charge >= 0.3 is 0 Å². The molecule has 1 atom stereocenters. The van der Waals surface area contributed by atoms with Crippen molar-refractivity contribution in [2.24, 2.45) is 0 Å². The summed E-state index contributed by atoms with van der Waals surface area (Å²) in [5.41, 5.74) is 3.21. The SMILES string of the molecule is COCCN1C(=O)C(CC(=O)NCCCc2ccccc2)=C2CCCCC21. The van der Waals surface area contributed by atoms with Crippen LogP contribution in [0.25, 0.3) is 0 Å². The quantitative estimate of drug-likeness (QED) is 0.680. The van der Waals surface area contributed by atoms with Crippen LogP contribution in [0.3, 0.4) is 0 Å². The summed E-state index contributed by atoms with van der Waals surface area (Å²) in [4.78, 5) is 27.2. The standard InChI is InChI=1S/C22H30N2O3/c1-27-15-14-24-20-12-6-5-11-18(20)19(22(24)26)16-21(25)23-13-7-10-17-8-3-2-4-9-17/h2-4,8-9,20H,5-7,10-16H2,1H3,(H,23,25). The van der Waals surface area contributed by atoms with Crippen LogP contribution >= 0.6 is 0 Å². The first kappa shape index (κ1) is 19.6. The molecule has 1 saturated carbocycles. The molecule has 0 saturated heterocycles. The molecule has 1 aliphatic heterocycles. The smallest absolute Gasteiger partial charge is 0.250 e. The molecular weight excluding hydrogens is 340 g/mol. The van der Waals surface area contributed by atoms with Gasteiger partial charge in [-0.05, 0) is 43.2 Å². The summed E-state index contributed by atoms with van der Waals surface area (Å²) < 4.78 is 5.16. The number of nitrogens with one attached hydrogen (secondary N) is 1. The van der Waals surface area contributed by atoms with Gasteiger partial charge in [0.05, 0.1) is 19.1 Å². The molecule has 0 radical (unpaired) electrons. The van der Waals surface area contributed by atoms with Gasteiger partial charge in [0.15, 0.2) is 0 Å². The van der Waals surface area contributed by atoms with Crippen molar-refractivity contribution in [3.05, 3.63) is 47.0 Å². The average molecular weight is 370 g/mol. The molecule has 1 N–H and O–H groups in total. The van der Waals surface area contributed by atoms with Crippen LogP contribution in [-0.2, 0) is 20.7 Å². The first-order valence-electron chi connectivity index (χ1n) is 10.0. The number of aryl methyl sites for hydroxylation is 1. The number of fused-ring (bicyclic) bond motifs is 1. The third-order valence-corrected chi connectivity index (χ3v) is 5.54. The van der Waals surface area contributed by atoms with E-state index in [0.29, 0.717) is 19.7 Å². The van der Waals surface area contributed by atoms with Crippen LogP contribution in [0.2, 0.25) is 0 Å². The topological polar surface area (TPSA) is 58.6 Å². The van der Waals surface area contributed by atoms with E-state index in [4.69, 9.17) is 4.74 Å². The zero-order valence-electron chi connectivity index (χ0n) is 16.2. The van der Waals surface area contributed by atoms with Gasteiger partial charge in [-0.1, -0.05) is 36.8 Å². The van der Waals surface area contributed by atoms with Gasteiger partial charge in [-0.15, -0.1) is 0 Å². The molecule has 3 rings (SSSR count). The normalized spacial score (nSPS) is 19.4. The van der Waals surface area contributed by atoms with Crippen molar-refractivity contribution in [1.82, 2.24) is 10.2 Å². The van der Waals surface area contributed by atoms with Crippen molar-refractivity contribution < 1.29 is 14.3 Å². The number of hydrogen-bond donors (Lipinski definition) is 1. The summed E-state index contributed by atoms with van der Waals surface area (Å²) in [6.45, 7) is 1.78. The summed E-state index contributed by atoms with van der Waals surface area (Å²) in [5.74, 6) is -0.00906. The van der Waals surface area contributed by atoms with Crippen molar-refractivity contribution in [2.75, 3.05) is 26.8 Å². The van der Waals surface area contributed by atoms with E-state index < -0.39 is 0 Å². The average Bonchev–Trinajstić information content (AvgIpc) is 2.96. The molecule has 2 aliphatic rings. The third-order valence-electron chi connectivity index (χ3n) is 5.54. The predicted octanol–water partition coefficient (Wildman–Crippen LogP) is 2.85. The van der Waals surface area contributed by atoms with Crippen molar-refractivity contribution in [3.8, 4) is 0 Å². The van der Waals surface area contributed by atoms with Gasteiger partial charge in [0.25, 0.3) is 5.91 Å². The monoisotopic (exact) mass is 370 g/mol. The van der Waals surface area contributed by atoms with E-state index in [9.17, 15) is 9.59 Å². The van der Waals surface area contributed by atoms with Crippen LogP contribution in [0.4, 0.5) is 0 Å². The fourth-order valence-electron chi connectivity index (χ4n) is 4.17. The highest BCUT2D eigenvalue weighted by Gasteiger charge is 2.39. The lowest BCUT2D eigenvalue weighted by Gasteiger charge is -2.29. The van der Waals surface area contributed by atoms with Crippen molar-refractivity contribution in [1.29, 1.82) is 0 Å². The molecule has 5 nitrogen and oxygen atoms in total. The van der Waals surface area contributed by atoms with Crippen LogP contribution < -0.4 is 5.32 Å². The Hall–Kier alpha value is -2.14. The minimum Gasteiger partial charge on any atom is -0.383 e. The molecule has 2 amide bonds. The molecule has 1 unspecified atom stereocenters. The molecule has 1 aromatic rings. The van der Waals surface area contributed by atoms with E-state index in [-0.39, 0.29) is 24.3 Å². The number of carbonyl (C=O) groups is 2. The van der Waals surface area contributed by atoms with E-state index >= 15 is 0 Å².